The van der Waals surface area contributed by atoms with Gasteiger partial charge in [0.2, 0.25) is 0 Å². The van der Waals surface area contributed by atoms with E-state index in [1.807, 2.05) is 22.6 Å². The quantitative estimate of drug-likeness (QED) is 0.529. The van der Waals surface area contributed by atoms with Crippen LogP contribution in [0.4, 0.5) is 4.39 Å². The Kier molecular flexibility index (Phi) is 5.45. The Hall–Kier alpha value is -0.170. The molecule has 2 rings (SSSR count). The third-order valence-corrected chi connectivity index (χ3v) is 6.01. The molecule has 5 heteroatoms. The highest BCUT2D eigenvalue weighted by Gasteiger charge is 2.35. The van der Waals surface area contributed by atoms with Gasteiger partial charge < -0.3 is 5.32 Å². The van der Waals surface area contributed by atoms with Gasteiger partial charge in [0.05, 0.1) is 11.1 Å². The van der Waals surface area contributed by atoms with Crippen LogP contribution in [0.2, 0.25) is 0 Å². The number of halogens is 3. The molecule has 0 bridgehead atoms. The van der Waals surface area contributed by atoms with E-state index in [1.165, 1.54) is 12.1 Å². The number of hydrogen-bond acceptors (Lipinski definition) is 1. The van der Waals surface area contributed by atoms with Gasteiger partial charge in [-0.2, -0.15) is 0 Å². The molecule has 0 atom stereocenters. The summed E-state index contributed by atoms with van der Waals surface area (Å²) in [4.78, 5) is 12.4. The monoisotopic (exact) mass is 453 g/mol. The second-order valence-electron chi connectivity index (χ2n) is 5.67. The first-order chi connectivity index (χ1) is 9.46. The molecule has 0 aliphatic heterocycles. The molecule has 20 heavy (non-hydrogen) atoms. The zero-order chi connectivity index (χ0) is 14.8. The molecule has 1 aliphatic carbocycles. The molecule has 0 radical (unpaired) electrons. The van der Waals surface area contributed by atoms with Gasteiger partial charge in [-0.15, -0.1) is 0 Å². The van der Waals surface area contributed by atoms with E-state index >= 15 is 0 Å². The minimum Gasteiger partial charge on any atom is -0.346 e. The first kappa shape index (κ1) is 16.2. The van der Waals surface area contributed by atoms with Crippen molar-refractivity contribution in [2.45, 2.75) is 38.1 Å². The maximum atomic E-state index is 13.1. The molecule has 0 heterocycles. The number of amides is 1. The Labute approximate surface area is 141 Å². The number of rotatable bonds is 3. The van der Waals surface area contributed by atoms with E-state index in [4.69, 9.17) is 0 Å². The van der Waals surface area contributed by atoms with Crippen molar-refractivity contribution in [3.8, 4) is 0 Å². The highest BCUT2D eigenvalue weighted by atomic mass is 127. The predicted octanol–water partition coefficient (Wildman–Crippen LogP) is 4.50. The van der Waals surface area contributed by atoms with Crippen LogP contribution in [0.25, 0.3) is 0 Å². The Morgan fingerprint density at radius 1 is 1.50 bits per heavy atom. The summed E-state index contributed by atoms with van der Waals surface area (Å²) < 4.78 is 13.8. The number of hydrogen-bond donors (Lipinski definition) is 1. The highest BCUT2D eigenvalue weighted by Crippen LogP contribution is 2.33. The van der Waals surface area contributed by atoms with Crippen LogP contribution in [0, 0.1) is 15.3 Å². The zero-order valence-corrected chi connectivity index (χ0v) is 15.1. The molecule has 110 valence electrons. The van der Waals surface area contributed by atoms with Gasteiger partial charge in [0.25, 0.3) is 5.91 Å². The van der Waals surface area contributed by atoms with Gasteiger partial charge in [-0.1, -0.05) is 22.9 Å². The van der Waals surface area contributed by atoms with E-state index in [2.05, 4.69) is 28.2 Å². The Morgan fingerprint density at radius 2 is 2.15 bits per heavy atom. The third kappa shape index (κ3) is 3.72. The number of benzene rings is 1. The lowest BCUT2D eigenvalue weighted by atomic mass is 9.78. The molecular formula is C15H18BrFINO. The SMILES string of the molecule is CC1CCC(CBr)(NC(=O)c2ccc(F)cc2I)CC1. The summed E-state index contributed by atoms with van der Waals surface area (Å²) in [5.41, 5.74) is 0.382. The second kappa shape index (κ2) is 6.73. The normalized spacial score (nSPS) is 26.3. The average molecular weight is 454 g/mol. The van der Waals surface area contributed by atoms with Crippen molar-refractivity contribution < 1.29 is 9.18 Å². The molecule has 1 saturated carbocycles. The number of carbonyl (C=O) groups is 1. The van der Waals surface area contributed by atoms with Crippen molar-refractivity contribution in [2.24, 2.45) is 5.92 Å². The Balaban J connectivity index is 2.13. The van der Waals surface area contributed by atoms with E-state index < -0.39 is 0 Å². The number of carbonyl (C=O) groups excluding carboxylic acids is 1. The molecule has 1 aliphatic rings. The minimum absolute atomic E-state index is 0.108. The van der Waals surface area contributed by atoms with Crippen LogP contribution in [0.3, 0.4) is 0 Å². The Bertz CT molecular complexity index is 501. The lowest BCUT2D eigenvalue weighted by molar-refractivity contribution is 0.0873. The van der Waals surface area contributed by atoms with Gasteiger partial charge in [0.1, 0.15) is 5.82 Å². The zero-order valence-electron chi connectivity index (χ0n) is 11.4. The smallest absolute Gasteiger partial charge is 0.252 e. The average Bonchev–Trinajstić information content (AvgIpc) is 2.41. The highest BCUT2D eigenvalue weighted by molar-refractivity contribution is 14.1. The molecule has 1 amide bonds. The molecule has 0 spiro atoms. The van der Waals surface area contributed by atoms with Crippen LogP contribution in [-0.4, -0.2) is 16.8 Å². The molecule has 1 N–H and O–H groups in total. The molecule has 1 aromatic carbocycles. The first-order valence-electron chi connectivity index (χ1n) is 6.79. The van der Waals surface area contributed by atoms with E-state index in [0.717, 1.165) is 36.9 Å². The van der Waals surface area contributed by atoms with Crippen LogP contribution >= 0.6 is 38.5 Å². The summed E-state index contributed by atoms with van der Waals surface area (Å²) in [6.45, 7) is 2.25. The van der Waals surface area contributed by atoms with Gasteiger partial charge in [-0.05, 0) is 72.4 Å². The summed E-state index contributed by atoms with van der Waals surface area (Å²) in [7, 11) is 0. The van der Waals surface area contributed by atoms with E-state index in [0.29, 0.717) is 9.13 Å². The van der Waals surface area contributed by atoms with Crippen molar-refractivity contribution in [2.75, 3.05) is 5.33 Å². The third-order valence-electron chi connectivity index (χ3n) is 4.04. The predicted molar refractivity (Wildman–Crippen MR) is 90.7 cm³/mol. The van der Waals surface area contributed by atoms with Crippen molar-refractivity contribution in [3.63, 3.8) is 0 Å². The molecule has 0 unspecified atom stereocenters. The van der Waals surface area contributed by atoms with Gasteiger partial charge in [-0.3, -0.25) is 4.79 Å². The van der Waals surface area contributed by atoms with Crippen LogP contribution in [0.15, 0.2) is 18.2 Å². The summed E-state index contributed by atoms with van der Waals surface area (Å²) in [6.07, 6.45) is 4.24. The standard InChI is InChI=1S/C15H18BrFINO/c1-10-4-6-15(9-16,7-5-10)19-14(20)12-3-2-11(17)8-13(12)18/h2-3,8,10H,4-7,9H2,1H3,(H,19,20). The molecule has 2 nitrogen and oxygen atoms in total. The summed E-state index contributed by atoms with van der Waals surface area (Å²) >= 11 is 5.55. The summed E-state index contributed by atoms with van der Waals surface area (Å²) in [6, 6.07) is 4.28. The van der Waals surface area contributed by atoms with Crippen molar-refractivity contribution >= 4 is 44.4 Å². The number of nitrogens with one attached hydrogen (secondary N) is 1. The Morgan fingerprint density at radius 3 is 2.70 bits per heavy atom. The minimum atomic E-state index is -0.312. The molecule has 1 aromatic rings. The number of alkyl halides is 1. The fourth-order valence-electron chi connectivity index (χ4n) is 2.59. The van der Waals surface area contributed by atoms with E-state index in [-0.39, 0.29) is 17.3 Å². The topological polar surface area (TPSA) is 29.1 Å². The van der Waals surface area contributed by atoms with Crippen molar-refractivity contribution in [3.05, 3.63) is 33.1 Å². The molecular weight excluding hydrogens is 436 g/mol. The van der Waals surface area contributed by atoms with Gasteiger partial charge in [0, 0.05) is 8.90 Å². The molecule has 0 aromatic heterocycles. The maximum absolute atomic E-state index is 13.1. The van der Waals surface area contributed by atoms with Crippen LogP contribution in [-0.2, 0) is 0 Å². The molecule has 0 saturated heterocycles. The van der Waals surface area contributed by atoms with E-state index in [9.17, 15) is 9.18 Å². The van der Waals surface area contributed by atoms with Gasteiger partial charge >= 0.3 is 0 Å². The molecule has 1 fully saturated rings. The lowest BCUT2D eigenvalue weighted by Crippen LogP contribution is -2.52. The first-order valence-corrected chi connectivity index (χ1v) is 8.99. The fourth-order valence-corrected chi connectivity index (χ4v) is 4.01. The largest absolute Gasteiger partial charge is 0.346 e. The fraction of sp³-hybridized carbons (Fsp3) is 0.533. The summed E-state index contributed by atoms with van der Waals surface area (Å²) in [5.74, 6) is 0.307. The van der Waals surface area contributed by atoms with Gasteiger partial charge in [0.15, 0.2) is 0 Å². The lowest BCUT2D eigenvalue weighted by Gasteiger charge is -2.39. The summed E-state index contributed by atoms with van der Waals surface area (Å²) in [5, 5.41) is 3.93. The van der Waals surface area contributed by atoms with Crippen molar-refractivity contribution in [1.82, 2.24) is 5.32 Å². The van der Waals surface area contributed by atoms with Crippen LogP contribution in [0.5, 0.6) is 0 Å². The van der Waals surface area contributed by atoms with Crippen LogP contribution in [0.1, 0.15) is 43.0 Å². The maximum Gasteiger partial charge on any atom is 0.252 e. The van der Waals surface area contributed by atoms with Gasteiger partial charge in [-0.25, -0.2) is 4.39 Å². The van der Waals surface area contributed by atoms with Crippen molar-refractivity contribution in [1.29, 1.82) is 0 Å². The van der Waals surface area contributed by atoms with E-state index in [1.54, 1.807) is 6.07 Å². The second-order valence-corrected chi connectivity index (χ2v) is 7.40. The van der Waals surface area contributed by atoms with Crippen LogP contribution < -0.4 is 5.32 Å².